The van der Waals surface area contributed by atoms with Crippen LogP contribution in [0.25, 0.3) is 67.9 Å². The van der Waals surface area contributed by atoms with Crippen molar-refractivity contribution in [2.45, 2.75) is 0 Å². The number of aromatic nitrogens is 6. The molecule has 0 aliphatic carbocycles. The van der Waals surface area contributed by atoms with Crippen molar-refractivity contribution in [3.8, 4) is 67.9 Å². The van der Waals surface area contributed by atoms with Crippen LogP contribution in [0.3, 0.4) is 0 Å². The van der Waals surface area contributed by atoms with Crippen LogP contribution in [0.5, 0.6) is 0 Å². The molecule has 0 radical (unpaired) electrons. The van der Waals surface area contributed by atoms with E-state index < -0.39 is 0 Å². The van der Waals surface area contributed by atoms with Gasteiger partial charge in [0.25, 0.3) is 0 Å². The summed E-state index contributed by atoms with van der Waals surface area (Å²) in [7, 11) is 0. The minimum atomic E-state index is 0.837. The second-order valence-electron chi connectivity index (χ2n) is 12.8. The Bertz CT molecular complexity index is 2370. The van der Waals surface area contributed by atoms with Gasteiger partial charge in [-0.15, -0.1) is 0 Å². The smallest absolute Gasteiger partial charge is 0.0893 e. The van der Waals surface area contributed by atoms with Crippen molar-refractivity contribution in [1.82, 2.24) is 29.9 Å². The maximum atomic E-state index is 4.94. The number of nitrogens with zero attached hydrogens (tertiary/aromatic N) is 7. The summed E-state index contributed by atoms with van der Waals surface area (Å²) < 4.78 is 0. The second-order valence-corrected chi connectivity index (χ2v) is 12.8. The third-order valence-corrected chi connectivity index (χ3v) is 9.29. The molecule has 0 N–H and O–H groups in total. The van der Waals surface area contributed by atoms with Gasteiger partial charge >= 0.3 is 0 Å². The van der Waals surface area contributed by atoms with Crippen molar-refractivity contribution in [1.29, 1.82) is 0 Å². The van der Waals surface area contributed by atoms with Crippen molar-refractivity contribution >= 4 is 17.1 Å². The van der Waals surface area contributed by atoms with Gasteiger partial charge in [0.1, 0.15) is 0 Å². The van der Waals surface area contributed by atoms with E-state index in [1.165, 1.54) is 0 Å². The van der Waals surface area contributed by atoms with Crippen LogP contribution >= 0.6 is 0 Å². The van der Waals surface area contributed by atoms with E-state index in [9.17, 15) is 0 Å². The first-order valence-corrected chi connectivity index (χ1v) is 18.0. The summed E-state index contributed by atoms with van der Waals surface area (Å²) in [5, 5.41) is 0. The highest BCUT2D eigenvalue weighted by Gasteiger charge is 2.15. The van der Waals surface area contributed by atoms with Crippen LogP contribution in [0.1, 0.15) is 0 Å². The van der Waals surface area contributed by atoms with Crippen LogP contribution in [0, 0.1) is 0 Å². The van der Waals surface area contributed by atoms with Gasteiger partial charge in [0.15, 0.2) is 0 Å². The Balaban J connectivity index is 1.06. The lowest BCUT2D eigenvalue weighted by atomic mass is 10.1. The zero-order valence-electron chi connectivity index (χ0n) is 29.7. The Morgan fingerprint density at radius 2 is 0.509 bits per heavy atom. The average Bonchev–Trinajstić information content (AvgIpc) is 3.28. The van der Waals surface area contributed by atoms with Gasteiger partial charge in [-0.2, -0.15) is 0 Å². The van der Waals surface area contributed by atoms with Crippen LogP contribution in [-0.4, -0.2) is 29.9 Å². The normalized spacial score (nSPS) is 10.9. The van der Waals surface area contributed by atoms with Gasteiger partial charge in [0, 0.05) is 52.3 Å². The number of pyridine rings is 6. The van der Waals surface area contributed by atoms with Gasteiger partial charge in [-0.25, -0.2) is 15.0 Å². The summed E-state index contributed by atoms with van der Waals surface area (Å²) in [6.45, 7) is 0. The summed E-state index contributed by atoms with van der Waals surface area (Å²) in [5.74, 6) is 0. The summed E-state index contributed by atoms with van der Waals surface area (Å²) >= 11 is 0. The van der Waals surface area contributed by atoms with E-state index in [2.05, 4.69) is 92.6 Å². The standard InChI is InChI=1S/C48H33N7/c1-4-31-49-43(10-1)46-16-7-13-40(52-46)34-19-25-37(26-20-34)55(38-27-21-35(22-28-38)41-14-8-17-47(53-41)44-11-2-5-32-50-44)39-29-23-36(24-30-39)42-15-9-18-48(54-42)45-12-3-6-33-51-45/h1-33H. The van der Waals surface area contributed by atoms with Crippen molar-refractivity contribution in [2.75, 3.05) is 4.90 Å². The fraction of sp³-hybridized carbons (Fsp3) is 0. The first-order chi connectivity index (χ1) is 27.2. The Hall–Kier alpha value is -7.64. The molecule has 0 bridgehead atoms. The Kier molecular flexibility index (Phi) is 9.15. The molecule has 0 spiro atoms. The molecule has 0 amide bonds. The summed E-state index contributed by atoms with van der Waals surface area (Å²) in [6.07, 6.45) is 5.37. The van der Waals surface area contributed by atoms with Crippen molar-refractivity contribution < 1.29 is 0 Å². The second kappa shape index (κ2) is 15.1. The van der Waals surface area contributed by atoms with E-state index in [0.29, 0.717) is 0 Å². The predicted octanol–water partition coefficient (Wildman–Crippen LogP) is 11.5. The van der Waals surface area contributed by atoms with Crippen LogP contribution in [0.2, 0.25) is 0 Å². The molecule has 0 saturated carbocycles. The van der Waals surface area contributed by atoms with E-state index in [0.717, 1.165) is 85.0 Å². The predicted molar refractivity (Wildman–Crippen MR) is 221 cm³/mol. The first-order valence-electron chi connectivity index (χ1n) is 18.0. The highest BCUT2D eigenvalue weighted by atomic mass is 15.1. The summed E-state index contributed by atoms with van der Waals surface area (Å²) in [4.78, 5) is 30.5. The zero-order valence-corrected chi connectivity index (χ0v) is 29.7. The minimum Gasteiger partial charge on any atom is -0.311 e. The molecule has 0 fully saturated rings. The molecule has 9 aromatic rings. The molecule has 7 nitrogen and oxygen atoms in total. The van der Waals surface area contributed by atoms with Crippen LogP contribution in [0.15, 0.2) is 201 Å². The molecule has 7 heteroatoms. The molecule has 260 valence electrons. The van der Waals surface area contributed by atoms with E-state index in [1.54, 1.807) is 18.6 Å². The molecule has 3 aromatic carbocycles. The fourth-order valence-electron chi connectivity index (χ4n) is 6.55. The molecule has 6 aromatic heterocycles. The molecule has 0 saturated heterocycles. The highest BCUT2D eigenvalue weighted by molar-refractivity contribution is 5.81. The van der Waals surface area contributed by atoms with Gasteiger partial charge in [0.05, 0.1) is 51.2 Å². The SMILES string of the molecule is c1ccc(-c2cccc(-c3ccc(N(c4ccc(-c5cccc(-c6ccccn6)n5)cc4)c4ccc(-c5cccc(-c6ccccn6)n5)cc4)cc3)n2)nc1. The van der Waals surface area contributed by atoms with Crippen LogP contribution in [-0.2, 0) is 0 Å². The molecule has 55 heavy (non-hydrogen) atoms. The molecule has 0 aliphatic rings. The Morgan fingerprint density at radius 3 is 0.782 bits per heavy atom. The van der Waals surface area contributed by atoms with Crippen LogP contribution in [0.4, 0.5) is 17.1 Å². The van der Waals surface area contributed by atoms with Gasteiger partial charge in [-0.3, -0.25) is 15.0 Å². The van der Waals surface area contributed by atoms with E-state index in [-0.39, 0.29) is 0 Å². The highest BCUT2D eigenvalue weighted by Crippen LogP contribution is 2.38. The first kappa shape index (κ1) is 33.2. The lowest BCUT2D eigenvalue weighted by molar-refractivity contribution is 1.24. The molecule has 0 unspecified atom stereocenters. The van der Waals surface area contributed by atoms with Crippen molar-refractivity contribution in [3.05, 3.63) is 201 Å². The topological polar surface area (TPSA) is 80.6 Å². The average molecular weight is 708 g/mol. The van der Waals surface area contributed by atoms with Crippen molar-refractivity contribution in [3.63, 3.8) is 0 Å². The van der Waals surface area contributed by atoms with Crippen molar-refractivity contribution in [2.24, 2.45) is 0 Å². The monoisotopic (exact) mass is 707 g/mol. The molecular formula is C48H33N7. The Labute approximate surface area is 319 Å². The minimum absolute atomic E-state index is 0.837. The zero-order chi connectivity index (χ0) is 36.8. The maximum Gasteiger partial charge on any atom is 0.0893 e. The van der Waals surface area contributed by atoms with E-state index in [4.69, 9.17) is 15.0 Å². The molecular weight excluding hydrogens is 675 g/mol. The van der Waals surface area contributed by atoms with Gasteiger partial charge in [0.2, 0.25) is 0 Å². The van der Waals surface area contributed by atoms with Crippen LogP contribution < -0.4 is 4.90 Å². The van der Waals surface area contributed by atoms with Gasteiger partial charge in [-0.1, -0.05) is 72.8 Å². The lowest BCUT2D eigenvalue weighted by Crippen LogP contribution is -2.10. The maximum absolute atomic E-state index is 4.94. The largest absolute Gasteiger partial charge is 0.311 e. The molecule has 0 atom stereocenters. The fourth-order valence-corrected chi connectivity index (χ4v) is 6.55. The number of benzene rings is 3. The van der Waals surface area contributed by atoms with E-state index in [1.807, 2.05) is 109 Å². The molecule has 9 rings (SSSR count). The number of hydrogen-bond donors (Lipinski definition) is 0. The number of rotatable bonds is 9. The van der Waals surface area contributed by atoms with Gasteiger partial charge < -0.3 is 4.90 Å². The molecule has 6 heterocycles. The summed E-state index contributed by atoms with van der Waals surface area (Å²) in [5.41, 5.74) is 13.8. The third-order valence-electron chi connectivity index (χ3n) is 9.29. The lowest BCUT2D eigenvalue weighted by Gasteiger charge is -2.26. The number of anilines is 3. The quantitative estimate of drug-likeness (QED) is 0.148. The number of hydrogen-bond acceptors (Lipinski definition) is 7. The summed E-state index contributed by atoms with van der Waals surface area (Å²) in [6, 6.07) is 61.3. The third kappa shape index (κ3) is 7.23. The van der Waals surface area contributed by atoms with Gasteiger partial charge in [-0.05, 0) is 109 Å². The molecule has 0 aliphatic heterocycles. The van der Waals surface area contributed by atoms with E-state index >= 15 is 0 Å². The Morgan fingerprint density at radius 1 is 0.236 bits per heavy atom.